The number of aryl methyl sites for hydroxylation is 3. The Morgan fingerprint density at radius 2 is 1.59 bits per heavy atom. The Morgan fingerprint density at radius 1 is 0.974 bits per heavy atom. The molecule has 0 aliphatic heterocycles. The Morgan fingerprint density at radius 3 is 2.21 bits per heavy atom. The van der Waals surface area contributed by atoms with Crippen LogP contribution in [0.4, 0.5) is 11.6 Å². The molecule has 4 rings (SSSR count). The van der Waals surface area contributed by atoms with E-state index in [4.69, 9.17) is 11.6 Å². The van der Waals surface area contributed by atoms with Crippen LogP contribution in [0.1, 0.15) is 31.7 Å². The van der Waals surface area contributed by atoms with Crippen molar-refractivity contribution in [2.45, 2.75) is 6.54 Å². The van der Waals surface area contributed by atoms with Gasteiger partial charge in [-0.15, -0.1) is 16.7 Å². The number of rotatable bonds is 10. The maximum atomic E-state index is 12.9. The van der Waals surface area contributed by atoms with Crippen LogP contribution in [0.2, 0.25) is 0 Å². The first-order valence-electron chi connectivity index (χ1n) is 11.6. The maximum Gasteiger partial charge on any atom is 0.353 e. The smallest absolute Gasteiger partial charge is 0.348 e. The number of fused-ring (bicyclic) bond motifs is 1. The number of anilines is 2. The lowest BCUT2D eigenvalue weighted by atomic mass is 10.4. The van der Waals surface area contributed by atoms with E-state index < -0.39 is 17.5 Å². The number of nitrogens with one attached hydrogen (secondary N) is 3. The first kappa shape index (κ1) is 27.4. The zero-order valence-corrected chi connectivity index (χ0v) is 22.3. The number of nitrogens with zero attached hydrogens (tertiary/aromatic N) is 10. The van der Waals surface area contributed by atoms with Gasteiger partial charge in [0.15, 0.2) is 23.0 Å². The molecule has 4 heterocycles. The van der Waals surface area contributed by atoms with Crippen LogP contribution in [0.25, 0.3) is 5.65 Å². The SMILES string of the molecule is CN(C)CCNC(=O)c1nc(NC(=O)c2nc(NC(=O)c3ncn4c(=O)n(CCCl)nnc34)cn2C)cn1C. The molecule has 0 fully saturated rings. The molecule has 4 aromatic heterocycles. The number of hydrogen-bond acceptors (Lipinski definition) is 10. The largest absolute Gasteiger partial charge is 0.353 e. The average Bonchev–Trinajstić information content (AvgIpc) is 3.57. The van der Waals surface area contributed by atoms with Gasteiger partial charge in [0.1, 0.15) is 6.33 Å². The summed E-state index contributed by atoms with van der Waals surface area (Å²) in [6.07, 6.45) is 4.08. The minimum Gasteiger partial charge on any atom is -0.348 e. The van der Waals surface area contributed by atoms with Crippen molar-refractivity contribution in [3.05, 3.63) is 46.5 Å². The Labute approximate surface area is 225 Å². The summed E-state index contributed by atoms with van der Waals surface area (Å²) in [5, 5.41) is 15.5. The zero-order valence-electron chi connectivity index (χ0n) is 21.5. The monoisotopic (exact) mass is 559 g/mol. The van der Waals surface area contributed by atoms with Crippen LogP contribution in [0.5, 0.6) is 0 Å². The van der Waals surface area contributed by atoms with Gasteiger partial charge in [0.25, 0.3) is 17.7 Å². The fourth-order valence-electron chi connectivity index (χ4n) is 3.51. The molecule has 3 N–H and O–H groups in total. The van der Waals surface area contributed by atoms with Gasteiger partial charge in [-0.25, -0.2) is 24.1 Å². The van der Waals surface area contributed by atoms with Gasteiger partial charge < -0.3 is 30.0 Å². The number of amides is 3. The molecule has 0 spiro atoms. The highest BCUT2D eigenvalue weighted by Crippen LogP contribution is 2.13. The van der Waals surface area contributed by atoms with E-state index in [1.807, 2.05) is 19.0 Å². The van der Waals surface area contributed by atoms with Gasteiger partial charge in [0.2, 0.25) is 11.6 Å². The summed E-state index contributed by atoms with van der Waals surface area (Å²) in [7, 11) is 6.99. The second-order valence-corrected chi connectivity index (χ2v) is 9.04. The topological polar surface area (TPSA) is 191 Å². The van der Waals surface area contributed by atoms with E-state index in [-0.39, 0.29) is 53.0 Å². The summed E-state index contributed by atoms with van der Waals surface area (Å²) < 4.78 is 5.02. The molecular weight excluding hydrogens is 534 g/mol. The van der Waals surface area contributed by atoms with Crippen molar-refractivity contribution in [3.8, 4) is 0 Å². The minimum atomic E-state index is -0.707. The molecular formula is C21H26ClN13O4. The number of likely N-dealkylation sites (N-methyl/N-ethyl adjacent to an activating group) is 1. The van der Waals surface area contributed by atoms with E-state index in [9.17, 15) is 19.2 Å². The molecule has 4 aromatic rings. The van der Waals surface area contributed by atoms with Gasteiger partial charge in [-0.2, -0.15) is 4.68 Å². The van der Waals surface area contributed by atoms with Crippen molar-refractivity contribution in [3.63, 3.8) is 0 Å². The van der Waals surface area contributed by atoms with Crippen LogP contribution in [0.15, 0.2) is 23.5 Å². The van der Waals surface area contributed by atoms with Crippen molar-refractivity contribution in [1.82, 2.24) is 53.7 Å². The van der Waals surface area contributed by atoms with Gasteiger partial charge in [0.05, 0.1) is 6.54 Å². The molecule has 17 nitrogen and oxygen atoms in total. The lowest BCUT2D eigenvalue weighted by molar-refractivity contribution is 0.0935. The van der Waals surface area contributed by atoms with Crippen LogP contribution in [-0.4, -0.2) is 99.2 Å². The molecule has 206 valence electrons. The lowest BCUT2D eigenvalue weighted by Gasteiger charge is -2.09. The Bertz CT molecular complexity index is 1600. The predicted molar refractivity (Wildman–Crippen MR) is 139 cm³/mol. The highest BCUT2D eigenvalue weighted by Gasteiger charge is 2.22. The molecule has 0 unspecified atom stereocenters. The van der Waals surface area contributed by atoms with E-state index in [0.717, 1.165) is 15.4 Å². The van der Waals surface area contributed by atoms with E-state index in [0.29, 0.717) is 13.1 Å². The van der Waals surface area contributed by atoms with Gasteiger partial charge in [-0.1, -0.05) is 5.21 Å². The maximum absolute atomic E-state index is 12.9. The summed E-state index contributed by atoms with van der Waals surface area (Å²) in [6, 6.07) is 0. The van der Waals surface area contributed by atoms with E-state index >= 15 is 0 Å². The van der Waals surface area contributed by atoms with Gasteiger partial charge in [-0.05, 0) is 14.1 Å². The third kappa shape index (κ3) is 5.93. The summed E-state index contributed by atoms with van der Waals surface area (Å²) in [5.41, 5.74) is -0.749. The number of alkyl halides is 1. The highest BCUT2D eigenvalue weighted by atomic mass is 35.5. The highest BCUT2D eigenvalue weighted by molar-refractivity contribution is 6.17. The number of imidazole rings is 3. The summed E-state index contributed by atoms with van der Waals surface area (Å²) in [4.78, 5) is 64.7. The molecule has 0 aliphatic rings. The van der Waals surface area contributed by atoms with Gasteiger partial charge >= 0.3 is 5.69 Å². The van der Waals surface area contributed by atoms with E-state index in [1.54, 1.807) is 14.1 Å². The van der Waals surface area contributed by atoms with Crippen molar-refractivity contribution < 1.29 is 14.4 Å². The first-order valence-corrected chi connectivity index (χ1v) is 12.1. The van der Waals surface area contributed by atoms with Crippen LogP contribution in [-0.2, 0) is 20.6 Å². The quantitative estimate of drug-likeness (QED) is 0.199. The van der Waals surface area contributed by atoms with Crippen LogP contribution in [0, 0.1) is 0 Å². The van der Waals surface area contributed by atoms with Crippen molar-refractivity contribution in [2.75, 3.05) is 43.7 Å². The number of carbonyl (C=O) groups is 3. The molecule has 0 aliphatic carbocycles. The molecule has 0 aromatic carbocycles. The minimum absolute atomic E-state index is 0.0358. The van der Waals surface area contributed by atoms with E-state index in [2.05, 4.69) is 41.2 Å². The number of aromatic nitrogens is 9. The summed E-state index contributed by atoms with van der Waals surface area (Å²) >= 11 is 5.66. The standard InChI is InChI=1S/C21H26ClN13O4/c1-31(2)8-6-23-19(37)16-25-13(10-32(16)3)28-20(38)17-26-12(9-33(17)4)27-18(36)14-15-29-30-35(7-5-22)21(39)34(15)11-24-14/h9-11H,5-8H2,1-4H3,(H,23,37)(H,27,36)(H,28,38). The molecule has 0 atom stereocenters. The Kier molecular flexibility index (Phi) is 8.01. The van der Waals surface area contributed by atoms with Crippen molar-refractivity contribution >= 4 is 46.6 Å². The third-order valence-electron chi connectivity index (χ3n) is 5.41. The fourth-order valence-corrected chi connectivity index (χ4v) is 3.67. The fraction of sp³-hybridized carbons (Fsp3) is 0.381. The van der Waals surface area contributed by atoms with Gasteiger partial charge in [0, 0.05) is 45.5 Å². The van der Waals surface area contributed by atoms with Crippen LogP contribution in [0.3, 0.4) is 0 Å². The number of halogens is 1. The Balaban J connectivity index is 1.44. The number of hydrogen-bond donors (Lipinski definition) is 3. The third-order valence-corrected chi connectivity index (χ3v) is 5.58. The average molecular weight is 560 g/mol. The molecule has 18 heteroatoms. The van der Waals surface area contributed by atoms with Crippen molar-refractivity contribution in [1.29, 1.82) is 0 Å². The molecule has 0 radical (unpaired) electrons. The molecule has 0 bridgehead atoms. The van der Waals surface area contributed by atoms with Crippen molar-refractivity contribution in [2.24, 2.45) is 14.1 Å². The molecule has 39 heavy (non-hydrogen) atoms. The summed E-state index contributed by atoms with van der Waals surface area (Å²) in [5.74, 6) is -1.25. The second-order valence-electron chi connectivity index (χ2n) is 8.66. The number of carbonyl (C=O) groups excluding carboxylic acids is 3. The van der Waals surface area contributed by atoms with Crippen LogP contribution >= 0.6 is 11.6 Å². The lowest BCUT2D eigenvalue weighted by Crippen LogP contribution is -2.32. The second kappa shape index (κ2) is 11.4. The molecule has 0 saturated heterocycles. The molecule has 0 saturated carbocycles. The predicted octanol–water partition coefficient (Wildman–Crippen LogP) is -1.21. The zero-order chi connectivity index (χ0) is 28.3. The molecule has 3 amide bonds. The first-order chi connectivity index (χ1) is 18.6. The van der Waals surface area contributed by atoms with Gasteiger partial charge in [-0.3, -0.25) is 14.4 Å². The normalized spacial score (nSPS) is 11.2. The Hall–Kier alpha value is -4.64. The summed E-state index contributed by atoms with van der Waals surface area (Å²) in [6.45, 7) is 1.25. The van der Waals surface area contributed by atoms with Crippen LogP contribution < -0.4 is 21.6 Å². The van der Waals surface area contributed by atoms with E-state index in [1.165, 1.54) is 21.5 Å².